The number of halogens is 1. The minimum absolute atomic E-state index is 0.0725. The van der Waals surface area contributed by atoms with Gasteiger partial charge < -0.3 is 14.4 Å². The molecule has 0 atom stereocenters. The second-order valence-electron chi connectivity index (χ2n) is 8.37. The third-order valence-corrected chi connectivity index (χ3v) is 6.23. The average molecular weight is 444 g/mol. The van der Waals surface area contributed by atoms with Gasteiger partial charge in [0, 0.05) is 45.1 Å². The van der Waals surface area contributed by atoms with Gasteiger partial charge in [0.1, 0.15) is 17.2 Å². The second kappa shape index (κ2) is 8.58. The summed E-state index contributed by atoms with van der Waals surface area (Å²) in [7, 11) is 1.94. The van der Waals surface area contributed by atoms with Crippen molar-refractivity contribution < 1.29 is 9.18 Å². The van der Waals surface area contributed by atoms with Crippen molar-refractivity contribution in [2.24, 2.45) is 7.05 Å². The topological polar surface area (TPSA) is 46.3 Å². The van der Waals surface area contributed by atoms with Gasteiger partial charge in [-0.3, -0.25) is 4.79 Å². The molecule has 0 radical (unpaired) electrons. The number of amides is 1. The van der Waals surface area contributed by atoms with Gasteiger partial charge >= 0.3 is 0 Å². The van der Waals surface area contributed by atoms with Crippen molar-refractivity contribution in [1.82, 2.24) is 19.2 Å². The maximum atomic E-state index is 13.6. The predicted molar refractivity (Wildman–Crippen MR) is 127 cm³/mol. The number of carbonyl (C=O) groups is 1. The standard InChI is InChI=1S/C26H26FN5O/c1-19-6-3-4-7-23(19)30-14-16-31(17-15-30)26(33)25-18-22(24-8-5-13-29(24)2)28-32(25)21-11-9-20(27)10-12-21/h3-13,18H,14-17H2,1-2H3. The third kappa shape index (κ3) is 4.02. The number of rotatable bonds is 4. The van der Waals surface area contributed by atoms with Crippen LogP contribution in [0.5, 0.6) is 0 Å². The van der Waals surface area contributed by atoms with E-state index in [2.05, 4.69) is 24.0 Å². The van der Waals surface area contributed by atoms with Crippen molar-refractivity contribution in [3.8, 4) is 17.1 Å². The van der Waals surface area contributed by atoms with Crippen LogP contribution < -0.4 is 4.90 Å². The third-order valence-electron chi connectivity index (χ3n) is 6.23. The first-order valence-corrected chi connectivity index (χ1v) is 11.1. The van der Waals surface area contributed by atoms with Crippen molar-refractivity contribution in [1.29, 1.82) is 0 Å². The highest BCUT2D eigenvalue weighted by atomic mass is 19.1. The van der Waals surface area contributed by atoms with Gasteiger partial charge in [-0.05, 0) is 61.0 Å². The SMILES string of the molecule is Cc1ccccc1N1CCN(C(=O)c2cc(-c3cccn3C)nn2-c2ccc(F)cc2)CC1. The number of hydrogen-bond acceptors (Lipinski definition) is 3. The molecule has 2 aromatic heterocycles. The molecule has 3 heterocycles. The van der Waals surface area contributed by atoms with E-state index >= 15 is 0 Å². The monoisotopic (exact) mass is 443 g/mol. The number of anilines is 1. The molecule has 1 saturated heterocycles. The Labute approximate surface area is 192 Å². The van der Waals surface area contributed by atoms with Gasteiger partial charge in [-0.15, -0.1) is 0 Å². The molecule has 1 aliphatic rings. The zero-order valence-electron chi connectivity index (χ0n) is 18.8. The van der Waals surface area contributed by atoms with E-state index in [1.54, 1.807) is 16.8 Å². The molecule has 4 aromatic rings. The van der Waals surface area contributed by atoms with Gasteiger partial charge in [-0.2, -0.15) is 5.10 Å². The maximum Gasteiger partial charge on any atom is 0.272 e. The zero-order chi connectivity index (χ0) is 22.9. The summed E-state index contributed by atoms with van der Waals surface area (Å²) in [6.45, 7) is 4.90. The molecule has 7 heteroatoms. The highest BCUT2D eigenvalue weighted by Crippen LogP contribution is 2.25. The molecule has 0 saturated carbocycles. The van der Waals surface area contributed by atoms with Crippen LogP contribution in [-0.4, -0.2) is 51.3 Å². The molecule has 2 aromatic carbocycles. The molecule has 1 aliphatic heterocycles. The molecule has 1 amide bonds. The molecule has 1 fully saturated rings. The summed E-state index contributed by atoms with van der Waals surface area (Å²) in [5.41, 5.74) is 5.19. The molecule has 5 rings (SSSR count). The first kappa shape index (κ1) is 21.0. The first-order chi connectivity index (χ1) is 16.0. The van der Waals surface area contributed by atoms with E-state index in [1.807, 2.05) is 53.0 Å². The lowest BCUT2D eigenvalue weighted by atomic mass is 10.1. The Balaban J connectivity index is 1.44. The van der Waals surface area contributed by atoms with Crippen LogP contribution >= 0.6 is 0 Å². The van der Waals surface area contributed by atoms with E-state index < -0.39 is 0 Å². The highest BCUT2D eigenvalue weighted by Gasteiger charge is 2.27. The van der Waals surface area contributed by atoms with Gasteiger partial charge in [-0.25, -0.2) is 9.07 Å². The Bertz CT molecular complexity index is 1280. The number of hydrogen-bond donors (Lipinski definition) is 0. The number of nitrogens with zero attached hydrogens (tertiary/aromatic N) is 5. The Morgan fingerprint density at radius 3 is 2.33 bits per heavy atom. The zero-order valence-corrected chi connectivity index (χ0v) is 18.8. The molecule has 168 valence electrons. The van der Waals surface area contributed by atoms with E-state index in [-0.39, 0.29) is 11.7 Å². The second-order valence-corrected chi connectivity index (χ2v) is 8.37. The lowest BCUT2D eigenvalue weighted by Crippen LogP contribution is -2.49. The first-order valence-electron chi connectivity index (χ1n) is 11.1. The summed E-state index contributed by atoms with van der Waals surface area (Å²) in [6.07, 6.45) is 1.94. The molecule has 0 bridgehead atoms. The number of aryl methyl sites for hydroxylation is 2. The van der Waals surface area contributed by atoms with E-state index in [0.29, 0.717) is 30.2 Å². The summed E-state index contributed by atoms with van der Waals surface area (Å²) in [4.78, 5) is 17.8. The van der Waals surface area contributed by atoms with Gasteiger partial charge in [0.2, 0.25) is 0 Å². The lowest BCUT2D eigenvalue weighted by molar-refractivity contribution is 0.0737. The van der Waals surface area contributed by atoms with Crippen molar-refractivity contribution >= 4 is 11.6 Å². The quantitative estimate of drug-likeness (QED) is 0.473. The Kier molecular flexibility index (Phi) is 5.46. The fraction of sp³-hybridized carbons (Fsp3) is 0.231. The van der Waals surface area contributed by atoms with Crippen molar-refractivity contribution in [3.63, 3.8) is 0 Å². The fourth-order valence-electron chi connectivity index (χ4n) is 4.40. The van der Waals surface area contributed by atoms with Crippen LogP contribution in [0.4, 0.5) is 10.1 Å². The van der Waals surface area contributed by atoms with Crippen LogP contribution in [-0.2, 0) is 7.05 Å². The van der Waals surface area contributed by atoms with Gasteiger partial charge in [0.25, 0.3) is 5.91 Å². The van der Waals surface area contributed by atoms with E-state index in [9.17, 15) is 9.18 Å². The van der Waals surface area contributed by atoms with E-state index in [0.717, 1.165) is 18.8 Å². The number of piperazine rings is 1. The Morgan fingerprint density at radius 1 is 0.939 bits per heavy atom. The van der Waals surface area contributed by atoms with Crippen LogP contribution in [0.15, 0.2) is 72.9 Å². The van der Waals surface area contributed by atoms with Crippen LogP contribution in [0, 0.1) is 12.7 Å². The lowest BCUT2D eigenvalue weighted by Gasteiger charge is -2.36. The van der Waals surface area contributed by atoms with E-state index in [4.69, 9.17) is 5.10 Å². The maximum absolute atomic E-state index is 13.6. The Morgan fingerprint density at radius 2 is 1.67 bits per heavy atom. The van der Waals surface area contributed by atoms with Crippen LogP contribution in [0.25, 0.3) is 17.1 Å². The predicted octanol–water partition coefficient (Wildman–Crippen LogP) is 4.29. The van der Waals surface area contributed by atoms with Crippen LogP contribution in [0.2, 0.25) is 0 Å². The number of aromatic nitrogens is 3. The van der Waals surface area contributed by atoms with Crippen LogP contribution in [0.3, 0.4) is 0 Å². The molecule has 0 unspecified atom stereocenters. The molecular weight excluding hydrogens is 417 g/mol. The van der Waals surface area contributed by atoms with Crippen molar-refractivity contribution in [2.75, 3.05) is 31.1 Å². The molecule has 0 N–H and O–H groups in total. The number of para-hydroxylation sites is 1. The fourth-order valence-corrected chi connectivity index (χ4v) is 4.40. The summed E-state index contributed by atoms with van der Waals surface area (Å²) in [5, 5.41) is 4.72. The summed E-state index contributed by atoms with van der Waals surface area (Å²) >= 11 is 0. The molecular formula is C26H26FN5O. The van der Waals surface area contributed by atoms with Crippen molar-refractivity contribution in [3.05, 3.63) is 90.0 Å². The highest BCUT2D eigenvalue weighted by molar-refractivity contribution is 5.94. The van der Waals surface area contributed by atoms with Crippen LogP contribution in [0.1, 0.15) is 16.1 Å². The molecule has 6 nitrogen and oxygen atoms in total. The average Bonchev–Trinajstić information content (AvgIpc) is 3.46. The number of benzene rings is 2. The Hall–Kier alpha value is -3.87. The molecule has 33 heavy (non-hydrogen) atoms. The van der Waals surface area contributed by atoms with Crippen molar-refractivity contribution in [2.45, 2.75) is 6.92 Å². The molecule has 0 aliphatic carbocycles. The van der Waals surface area contributed by atoms with E-state index in [1.165, 1.54) is 23.4 Å². The van der Waals surface area contributed by atoms with Gasteiger partial charge in [-0.1, -0.05) is 18.2 Å². The van der Waals surface area contributed by atoms with Gasteiger partial charge in [0.05, 0.1) is 11.4 Å². The smallest absolute Gasteiger partial charge is 0.272 e. The summed E-state index contributed by atoms with van der Waals surface area (Å²) in [5.74, 6) is -0.398. The minimum Gasteiger partial charge on any atom is -0.368 e. The van der Waals surface area contributed by atoms with Gasteiger partial charge in [0.15, 0.2) is 0 Å². The molecule has 0 spiro atoms. The summed E-state index contributed by atoms with van der Waals surface area (Å²) in [6, 6.07) is 20.1. The summed E-state index contributed by atoms with van der Waals surface area (Å²) < 4.78 is 17.1. The largest absolute Gasteiger partial charge is 0.368 e. The normalized spacial score (nSPS) is 14.0. The minimum atomic E-state index is -0.325. The number of carbonyl (C=O) groups excluding carboxylic acids is 1.